The van der Waals surface area contributed by atoms with E-state index < -0.39 is 0 Å². The van der Waals surface area contributed by atoms with Gasteiger partial charge in [0.2, 0.25) is 0 Å². The van der Waals surface area contributed by atoms with Gasteiger partial charge in [-0.2, -0.15) is 0 Å². The molecule has 0 amide bonds. The summed E-state index contributed by atoms with van der Waals surface area (Å²) in [5, 5.41) is 0. The van der Waals surface area contributed by atoms with Gasteiger partial charge in [0, 0.05) is 6.42 Å². The SMILES string of the molecule is [CH2]C(C)Cc1ncco1. The topological polar surface area (TPSA) is 26.0 Å². The number of oxazole rings is 1. The molecule has 1 atom stereocenters. The van der Waals surface area contributed by atoms with E-state index in [4.69, 9.17) is 4.42 Å². The Morgan fingerprint density at radius 3 is 3.11 bits per heavy atom. The predicted molar refractivity (Wildman–Crippen MR) is 34.7 cm³/mol. The second-order valence-electron chi connectivity index (χ2n) is 2.24. The first-order chi connectivity index (χ1) is 4.29. The maximum atomic E-state index is 4.99. The molecule has 1 radical (unpaired) electrons. The molecule has 49 valence electrons. The first-order valence-electron chi connectivity index (χ1n) is 3.00. The Hall–Kier alpha value is -0.790. The van der Waals surface area contributed by atoms with Crippen LogP contribution in [0.5, 0.6) is 0 Å². The van der Waals surface area contributed by atoms with Gasteiger partial charge in [0.15, 0.2) is 5.89 Å². The lowest BCUT2D eigenvalue weighted by molar-refractivity contribution is 0.470. The summed E-state index contributed by atoms with van der Waals surface area (Å²) in [6.45, 7) is 5.85. The second-order valence-corrected chi connectivity index (χ2v) is 2.24. The Morgan fingerprint density at radius 2 is 2.67 bits per heavy atom. The molecule has 0 fully saturated rings. The van der Waals surface area contributed by atoms with Gasteiger partial charge in [0.05, 0.1) is 6.20 Å². The molecule has 0 aliphatic rings. The average Bonchev–Trinajstić information content (AvgIpc) is 2.15. The molecule has 0 N–H and O–H groups in total. The van der Waals surface area contributed by atoms with Crippen molar-refractivity contribution in [2.75, 3.05) is 0 Å². The third-order valence-corrected chi connectivity index (χ3v) is 1.01. The summed E-state index contributed by atoms with van der Waals surface area (Å²) in [4.78, 5) is 3.95. The number of hydrogen-bond acceptors (Lipinski definition) is 2. The van der Waals surface area contributed by atoms with Crippen LogP contribution in [0.4, 0.5) is 0 Å². The Morgan fingerprint density at radius 1 is 1.89 bits per heavy atom. The minimum Gasteiger partial charge on any atom is -0.449 e. The first-order valence-corrected chi connectivity index (χ1v) is 3.00. The lowest BCUT2D eigenvalue weighted by Crippen LogP contribution is -1.93. The molecule has 0 saturated carbocycles. The van der Waals surface area contributed by atoms with Crippen molar-refractivity contribution in [1.82, 2.24) is 4.98 Å². The number of aromatic nitrogens is 1. The predicted octanol–water partition coefficient (Wildman–Crippen LogP) is 1.69. The van der Waals surface area contributed by atoms with E-state index in [9.17, 15) is 0 Å². The van der Waals surface area contributed by atoms with E-state index in [1.54, 1.807) is 12.5 Å². The smallest absolute Gasteiger partial charge is 0.194 e. The van der Waals surface area contributed by atoms with Crippen LogP contribution in [-0.4, -0.2) is 4.98 Å². The van der Waals surface area contributed by atoms with Crippen LogP contribution in [-0.2, 0) is 6.42 Å². The molecule has 0 aromatic carbocycles. The van der Waals surface area contributed by atoms with Gasteiger partial charge in [0.1, 0.15) is 6.26 Å². The minimum absolute atomic E-state index is 0.378. The summed E-state index contributed by atoms with van der Waals surface area (Å²) < 4.78 is 4.99. The van der Waals surface area contributed by atoms with Gasteiger partial charge < -0.3 is 4.42 Å². The third kappa shape index (κ3) is 1.88. The Labute approximate surface area is 54.9 Å². The summed E-state index contributed by atoms with van der Waals surface area (Å²) in [5.41, 5.74) is 0. The molecule has 9 heavy (non-hydrogen) atoms. The minimum atomic E-state index is 0.378. The zero-order chi connectivity index (χ0) is 6.69. The van der Waals surface area contributed by atoms with E-state index in [1.807, 2.05) is 6.92 Å². The van der Waals surface area contributed by atoms with E-state index >= 15 is 0 Å². The highest BCUT2D eigenvalue weighted by Gasteiger charge is 1.99. The molecular formula is C7H10NO. The van der Waals surface area contributed by atoms with Crippen LogP contribution >= 0.6 is 0 Å². The molecular weight excluding hydrogens is 114 g/mol. The highest BCUT2D eigenvalue weighted by Crippen LogP contribution is 2.03. The fraction of sp³-hybridized carbons (Fsp3) is 0.429. The van der Waals surface area contributed by atoms with Gasteiger partial charge in [-0.15, -0.1) is 0 Å². The molecule has 2 nitrogen and oxygen atoms in total. The molecule has 0 aliphatic heterocycles. The number of rotatable bonds is 2. The van der Waals surface area contributed by atoms with E-state index in [0.717, 1.165) is 12.3 Å². The Bertz CT molecular complexity index is 155. The standard InChI is InChI=1S/C7H10NO/c1-6(2)5-7-8-3-4-9-7/h3-4,6H,1,5H2,2H3. The molecule has 0 aliphatic carbocycles. The van der Waals surface area contributed by atoms with Gasteiger partial charge in [-0.25, -0.2) is 4.98 Å². The number of hydrogen-bond donors (Lipinski definition) is 0. The van der Waals surface area contributed by atoms with Crippen LogP contribution in [0.3, 0.4) is 0 Å². The molecule has 1 aromatic heterocycles. The van der Waals surface area contributed by atoms with Gasteiger partial charge in [-0.3, -0.25) is 0 Å². The zero-order valence-corrected chi connectivity index (χ0v) is 5.50. The molecule has 0 saturated heterocycles. The van der Waals surface area contributed by atoms with Crippen molar-refractivity contribution in [3.8, 4) is 0 Å². The lowest BCUT2D eigenvalue weighted by atomic mass is 10.1. The van der Waals surface area contributed by atoms with Crippen molar-refractivity contribution >= 4 is 0 Å². The molecule has 0 bridgehead atoms. The van der Waals surface area contributed by atoms with Gasteiger partial charge in [-0.1, -0.05) is 6.92 Å². The maximum Gasteiger partial charge on any atom is 0.194 e. The van der Waals surface area contributed by atoms with Gasteiger partial charge in [0.25, 0.3) is 0 Å². The summed E-state index contributed by atoms with van der Waals surface area (Å²) in [7, 11) is 0. The first kappa shape index (κ1) is 6.33. The molecule has 0 spiro atoms. The van der Waals surface area contributed by atoms with Crippen molar-refractivity contribution in [3.05, 3.63) is 25.3 Å². The third-order valence-electron chi connectivity index (χ3n) is 1.01. The molecule has 1 heterocycles. The van der Waals surface area contributed by atoms with Crippen molar-refractivity contribution in [3.63, 3.8) is 0 Å². The van der Waals surface area contributed by atoms with E-state index in [1.165, 1.54) is 0 Å². The van der Waals surface area contributed by atoms with Crippen molar-refractivity contribution in [2.45, 2.75) is 13.3 Å². The fourth-order valence-electron chi connectivity index (χ4n) is 0.652. The zero-order valence-electron chi connectivity index (χ0n) is 5.50. The Balaban J connectivity index is 2.48. The van der Waals surface area contributed by atoms with Crippen LogP contribution in [0.2, 0.25) is 0 Å². The molecule has 1 aromatic rings. The van der Waals surface area contributed by atoms with E-state index in [-0.39, 0.29) is 0 Å². The van der Waals surface area contributed by atoms with Gasteiger partial charge in [-0.05, 0) is 12.8 Å². The Kier molecular flexibility index (Phi) is 1.88. The van der Waals surface area contributed by atoms with Crippen molar-refractivity contribution < 1.29 is 4.42 Å². The van der Waals surface area contributed by atoms with Crippen molar-refractivity contribution in [2.24, 2.45) is 5.92 Å². The fourth-order valence-corrected chi connectivity index (χ4v) is 0.652. The van der Waals surface area contributed by atoms with Crippen LogP contribution in [0.25, 0.3) is 0 Å². The highest BCUT2D eigenvalue weighted by atomic mass is 16.3. The number of nitrogens with zero attached hydrogens (tertiary/aromatic N) is 1. The van der Waals surface area contributed by atoms with E-state index in [2.05, 4.69) is 11.9 Å². The quantitative estimate of drug-likeness (QED) is 0.599. The monoisotopic (exact) mass is 124 g/mol. The van der Waals surface area contributed by atoms with Crippen LogP contribution in [0.15, 0.2) is 16.9 Å². The highest BCUT2D eigenvalue weighted by molar-refractivity contribution is 4.81. The second kappa shape index (κ2) is 2.67. The van der Waals surface area contributed by atoms with Crippen molar-refractivity contribution in [1.29, 1.82) is 0 Å². The maximum absolute atomic E-state index is 4.99. The summed E-state index contributed by atoms with van der Waals surface area (Å²) >= 11 is 0. The molecule has 2 heteroatoms. The van der Waals surface area contributed by atoms with Crippen LogP contribution in [0, 0.1) is 12.8 Å². The summed E-state index contributed by atoms with van der Waals surface area (Å²) in [6.07, 6.45) is 4.06. The molecule has 1 unspecified atom stereocenters. The van der Waals surface area contributed by atoms with Crippen LogP contribution < -0.4 is 0 Å². The van der Waals surface area contributed by atoms with E-state index in [0.29, 0.717) is 5.92 Å². The summed E-state index contributed by atoms with van der Waals surface area (Å²) in [5.74, 6) is 1.15. The lowest BCUT2D eigenvalue weighted by Gasteiger charge is -1.96. The molecule has 1 rings (SSSR count). The van der Waals surface area contributed by atoms with Gasteiger partial charge >= 0.3 is 0 Å². The average molecular weight is 124 g/mol. The van der Waals surface area contributed by atoms with Crippen LogP contribution in [0.1, 0.15) is 12.8 Å². The normalized spacial score (nSPS) is 10.6. The largest absolute Gasteiger partial charge is 0.449 e. The summed E-state index contributed by atoms with van der Waals surface area (Å²) in [6, 6.07) is 0.